The summed E-state index contributed by atoms with van der Waals surface area (Å²) < 4.78 is 22.6. The number of carboxylic acids is 1. The number of aliphatic hydroxyl groups excluding tert-OH is 1. The summed E-state index contributed by atoms with van der Waals surface area (Å²) in [6.45, 7) is 1.72. The van der Waals surface area contributed by atoms with Gasteiger partial charge in [-0.2, -0.15) is 9.59 Å². The lowest BCUT2D eigenvalue weighted by Crippen LogP contribution is -2.11. The van der Waals surface area contributed by atoms with Gasteiger partial charge in [0.1, 0.15) is 0 Å². The lowest BCUT2D eigenvalue weighted by molar-refractivity contribution is -0.191. The molecule has 0 amide bonds. The summed E-state index contributed by atoms with van der Waals surface area (Å²) in [7, 11) is -3.82. The van der Waals surface area contributed by atoms with Gasteiger partial charge >= 0.3 is 12.1 Å². The number of carbonyl (C=O) groups is 1. The van der Waals surface area contributed by atoms with Crippen molar-refractivity contribution in [2.24, 2.45) is 5.73 Å². The van der Waals surface area contributed by atoms with Gasteiger partial charge in [-0.25, -0.2) is 4.79 Å². The molecule has 0 aromatic heterocycles. The third-order valence-corrected chi connectivity index (χ3v) is 5.00. The van der Waals surface area contributed by atoms with E-state index in [1.165, 1.54) is 18.2 Å². The van der Waals surface area contributed by atoms with Crippen molar-refractivity contribution >= 4 is 19.5 Å². The molecule has 1 aromatic rings. The predicted octanol–water partition coefficient (Wildman–Crippen LogP) is 0.575. The Morgan fingerprint density at radius 1 is 1.31 bits per heavy atom. The minimum Gasteiger partial charge on any atom is -0.490 e. The largest absolute Gasteiger partial charge is 0.490 e. The second-order valence-electron chi connectivity index (χ2n) is 4.90. The fourth-order valence-electron chi connectivity index (χ4n) is 1.89. The van der Waals surface area contributed by atoms with E-state index in [2.05, 4.69) is 0 Å². The fraction of sp³-hybridized carbons (Fsp3) is 0.467. The molecule has 5 N–H and O–H groups in total. The van der Waals surface area contributed by atoms with Crippen molar-refractivity contribution in [1.29, 1.82) is 0 Å². The van der Waals surface area contributed by atoms with Crippen LogP contribution in [0, 0.1) is 0 Å². The third kappa shape index (κ3) is 8.24. The maximum absolute atomic E-state index is 12.1. The molecule has 10 nitrogen and oxygen atoms in total. The van der Waals surface area contributed by atoms with E-state index in [1.807, 2.05) is 0 Å². The van der Waals surface area contributed by atoms with Crippen molar-refractivity contribution in [3.8, 4) is 11.5 Å². The molecule has 0 aliphatic heterocycles. The van der Waals surface area contributed by atoms with Crippen LogP contribution in [-0.2, 0) is 18.9 Å². The zero-order valence-corrected chi connectivity index (χ0v) is 15.1. The lowest BCUT2D eigenvalue weighted by atomic mass is 10.2. The van der Waals surface area contributed by atoms with Crippen molar-refractivity contribution in [3.63, 3.8) is 0 Å². The van der Waals surface area contributed by atoms with Crippen molar-refractivity contribution in [1.82, 2.24) is 0 Å². The van der Waals surface area contributed by atoms with Crippen LogP contribution in [-0.4, -0.2) is 53.1 Å². The topological polar surface area (TPSA) is 173 Å². The molecule has 2 unspecified atom stereocenters. The molecule has 146 valence electrons. The van der Waals surface area contributed by atoms with Gasteiger partial charge in [-0.15, -0.1) is 0 Å². The smallest absolute Gasteiger partial charge is 0.373 e. The average molecular weight is 391 g/mol. The minimum absolute atomic E-state index is 0.0914. The Labute approximate surface area is 150 Å². The van der Waals surface area contributed by atoms with E-state index in [0.717, 1.165) is 0 Å². The molecule has 26 heavy (non-hydrogen) atoms. The molecule has 0 heterocycles. The number of carboxylic acid groups (broad SMARTS) is 1. The standard InChI is InChI=1S/C14H22NO7P.CO2/c1-2-21-12-8-10(4-5-11(12)22-9-13(16)17)14(18)23(19,20)7-3-6-15;2-1-3/h4-5,8,14,18H,2-3,6-7,9,15H2,1H3,(H,16,17)(H,19,20);. The van der Waals surface area contributed by atoms with Crippen LogP contribution in [0.4, 0.5) is 0 Å². The molecule has 0 saturated heterocycles. The summed E-state index contributed by atoms with van der Waals surface area (Å²) in [6.07, 6.45) is 0.481. The highest BCUT2D eigenvalue weighted by molar-refractivity contribution is 7.58. The van der Waals surface area contributed by atoms with Crippen LogP contribution in [0.2, 0.25) is 0 Å². The molecule has 2 atom stereocenters. The number of ether oxygens (including phenoxy) is 2. The van der Waals surface area contributed by atoms with Crippen molar-refractivity contribution in [3.05, 3.63) is 23.8 Å². The molecule has 1 rings (SSSR count). The second kappa shape index (κ2) is 12.2. The number of rotatable bonds is 10. The second-order valence-corrected chi connectivity index (χ2v) is 7.35. The highest BCUT2D eigenvalue weighted by Gasteiger charge is 2.30. The average Bonchev–Trinajstić information content (AvgIpc) is 2.59. The van der Waals surface area contributed by atoms with Crippen LogP contribution >= 0.6 is 7.37 Å². The van der Waals surface area contributed by atoms with E-state index in [1.54, 1.807) is 6.92 Å². The first-order valence-electron chi connectivity index (χ1n) is 7.53. The van der Waals surface area contributed by atoms with Crippen LogP contribution < -0.4 is 15.2 Å². The minimum atomic E-state index is -3.82. The van der Waals surface area contributed by atoms with Crippen LogP contribution in [0.25, 0.3) is 0 Å². The van der Waals surface area contributed by atoms with Gasteiger partial charge in [-0.05, 0) is 37.6 Å². The fourth-order valence-corrected chi connectivity index (χ4v) is 3.39. The quantitative estimate of drug-likeness (QED) is 0.413. The zero-order valence-electron chi connectivity index (χ0n) is 14.2. The number of aliphatic carboxylic acids is 1. The predicted molar refractivity (Wildman–Crippen MR) is 89.1 cm³/mol. The SMILES string of the molecule is CCOc1cc(C(O)P(=O)(O)CCCN)ccc1OCC(=O)O.O=C=O. The van der Waals surface area contributed by atoms with Gasteiger partial charge < -0.3 is 30.3 Å². The van der Waals surface area contributed by atoms with E-state index in [-0.39, 0.29) is 42.5 Å². The summed E-state index contributed by atoms with van der Waals surface area (Å²) in [6, 6.07) is 4.17. The molecule has 11 heteroatoms. The first-order chi connectivity index (χ1) is 12.2. The monoisotopic (exact) mass is 391 g/mol. The number of hydrogen-bond donors (Lipinski definition) is 4. The number of benzene rings is 1. The molecule has 0 fully saturated rings. The summed E-state index contributed by atoms with van der Waals surface area (Å²) in [5.74, 6) is -2.33. The number of aliphatic hydroxyl groups is 1. The van der Waals surface area contributed by atoms with Gasteiger partial charge in [0, 0.05) is 6.16 Å². The van der Waals surface area contributed by atoms with Crippen molar-refractivity contribution in [2.75, 3.05) is 25.9 Å². The Bertz CT molecular complexity index is 659. The van der Waals surface area contributed by atoms with Gasteiger partial charge in [-0.1, -0.05) is 6.07 Å². The summed E-state index contributed by atoms with van der Waals surface area (Å²) in [5.41, 5.74) is 5.51. The zero-order chi connectivity index (χ0) is 20.2. The van der Waals surface area contributed by atoms with Crippen LogP contribution in [0.15, 0.2) is 18.2 Å². The number of nitrogens with two attached hydrogens (primary N) is 1. The maximum atomic E-state index is 12.1. The molecule has 0 bridgehead atoms. The van der Waals surface area contributed by atoms with Crippen LogP contribution in [0.1, 0.15) is 24.8 Å². The first kappa shape index (κ1) is 23.8. The summed E-state index contributed by atoms with van der Waals surface area (Å²) in [5, 5.41) is 18.8. The van der Waals surface area contributed by atoms with Crippen molar-refractivity contribution in [2.45, 2.75) is 19.2 Å². The van der Waals surface area contributed by atoms with E-state index in [9.17, 15) is 19.4 Å². The maximum Gasteiger partial charge on any atom is 0.373 e. The van der Waals surface area contributed by atoms with Gasteiger partial charge in [0.15, 0.2) is 24.0 Å². The highest BCUT2D eigenvalue weighted by Crippen LogP contribution is 2.54. The van der Waals surface area contributed by atoms with E-state index < -0.39 is 25.8 Å². The Morgan fingerprint density at radius 2 is 1.92 bits per heavy atom. The first-order valence-corrected chi connectivity index (χ1v) is 9.45. The van der Waals surface area contributed by atoms with Gasteiger partial charge in [0.05, 0.1) is 6.61 Å². The molecule has 0 spiro atoms. The van der Waals surface area contributed by atoms with E-state index >= 15 is 0 Å². The van der Waals surface area contributed by atoms with E-state index in [0.29, 0.717) is 6.42 Å². The summed E-state index contributed by atoms with van der Waals surface area (Å²) >= 11 is 0. The summed E-state index contributed by atoms with van der Waals surface area (Å²) in [4.78, 5) is 36.7. The molecule has 0 aliphatic rings. The molecular formula is C15H22NO9P. The van der Waals surface area contributed by atoms with Crippen LogP contribution in [0.3, 0.4) is 0 Å². The van der Waals surface area contributed by atoms with Gasteiger partial charge in [0.25, 0.3) is 0 Å². The third-order valence-electron chi connectivity index (χ3n) is 2.98. The number of carbonyl (C=O) groups excluding carboxylic acids is 2. The Morgan fingerprint density at radius 3 is 2.42 bits per heavy atom. The van der Waals surface area contributed by atoms with Crippen molar-refractivity contribution < 1.29 is 43.5 Å². The molecule has 0 aliphatic carbocycles. The van der Waals surface area contributed by atoms with Crippen LogP contribution in [0.5, 0.6) is 11.5 Å². The highest BCUT2D eigenvalue weighted by atomic mass is 31.2. The Balaban J connectivity index is 0.00000194. The molecular weight excluding hydrogens is 369 g/mol. The number of hydrogen-bond acceptors (Lipinski definition) is 8. The Kier molecular flexibility index (Phi) is 11.1. The Hall–Kier alpha value is -2.22. The normalized spacial score (nSPS) is 13.4. The molecule has 0 radical (unpaired) electrons. The van der Waals surface area contributed by atoms with Gasteiger partial charge in [0.2, 0.25) is 7.37 Å². The molecule has 1 aromatic carbocycles. The molecule has 0 saturated carbocycles. The lowest BCUT2D eigenvalue weighted by Gasteiger charge is -2.20. The van der Waals surface area contributed by atoms with Gasteiger partial charge in [-0.3, -0.25) is 4.57 Å². The van der Waals surface area contributed by atoms with E-state index in [4.69, 9.17) is 29.9 Å².